The van der Waals surface area contributed by atoms with Gasteiger partial charge in [0.2, 0.25) is 0 Å². The quantitative estimate of drug-likeness (QED) is 0.526. The monoisotopic (exact) mass is 135 g/mol. The third-order valence-corrected chi connectivity index (χ3v) is 2.78. The molecule has 0 fully saturated rings. The largest absolute Gasteiger partial charge is 0.400 e. The summed E-state index contributed by atoms with van der Waals surface area (Å²) < 4.78 is 9.95. The van der Waals surface area contributed by atoms with E-state index in [1.807, 2.05) is 0 Å². The second-order valence-electron chi connectivity index (χ2n) is 1.48. The zero-order valence-electron chi connectivity index (χ0n) is 5.39. The van der Waals surface area contributed by atoms with Crippen LogP contribution in [0.25, 0.3) is 0 Å². The van der Waals surface area contributed by atoms with E-state index in [2.05, 4.69) is 0 Å². The summed E-state index contributed by atoms with van der Waals surface area (Å²) in [7, 11) is 2.01. The fraction of sp³-hybridized carbons (Fsp3) is 1.00. The Hall–Kier alpha value is 0.0969. The molecule has 0 aromatic heterocycles. The first-order chi connectivity index (χ1) is 3.85. The predicted octanol–water partition coefficient (Wildman–Crippen LogP) is -0.542. The summed E-state index contributed by atoms with van der Waals surface area (Å²) in [5, 5.41) is 0. The maximum atomic E-state index is 5.26. The zero-order valence-corrected chi connectivity index (χ0v) is 6.54. The van der Waals surface area contributed by atoms with Gasteiger partial charge in [-0.3, -0.25) is 0 Å². The fourth-order valence-corrected chi connectivity index (χ4v) is 1.40. The van der Waals surface area contributed by atoms with E-state index in [-0.39, 0.29) is 0 Å². The highest BCUT2D eigenvalue weighted by atomic mass is 28.3. The van der Waals surface area contributed by atoms with Crippen molar-refractivity contribution in [2.75, 3.05) is 20.8 Å². The molecule has 2 N–H and O–H groups in total. The molecule has 3 nitrogen and oxygen atoms in total. The normalized spacial score (nSPS) is 10.5. The number of hydrogen-bond donors (Lipinski definition) is 1. The van der Waals surface area contributed by atoms with Crippen molar-refractivity contribution in [3.63, 3.8) is 0 Å². The van der Waals surface area contributed by atoms with Crippen LogP contribution in [0.15, 0.2) is 0 Å². The van der Waals surface area contributed by atoms with Crippen LogP contribution in [-0.2, 0) is 8.85 Å². The third kappa shape index (κ3) is 3.14. The maximum Gasteiger partial charge on any atom is 0.322 e. The smallest absolute Gasteiger partial charge is 0.322 e. The molecule has 0 spiro atoms. The van der Waals surface area contributed by atoms with Gasteiger partial charge in [0.1, 0.15) is 0 Å². The van der Waals surface area contributed by atoms with Gasteiger partial charge < -0.3 is 14.6 Å². The molecule has 8 heavy (non-hydrogen) atoms. The second kappa shape index (κ2) is 5.24. The molecule has 0 saturated heterocycles. The minimum Gasteiger partial charge on any atom is -0.400 e. The molecule has 0 atom stereocenters. The third-order valence-electron chi connectivity index (χ3n) is 0.928. The Kier molecular flexibility index (Phi) is 5.30. The minimum absolute atomic E-state index is 0.665. The van der Waals surface area contributed by atoms with Crippen LogP contribution in [0, 0.1) is 0 Å². The molecule has 0 aromatic carbocycles. The second-order valence-corrected chi connectivity index (χ2v) is 3.86. The summed E-state index contributed by atoms with van der Waals surface area (Å²) in [6.07, 6.45) is 0. The molecule has 0 amide bonds. The van der Waals surface area contributed by atoms with Gasteiger partial charge in [0, 0.05) is 20.3 Å². The molecule has 0 bridgehead atoms. The highest BCUT2D eigenvalue weighted by Crippen LogP contribution is 1.89. The summed E-state index contributed by atoms with van der Waals surface area (Å²) in [5.41, 5.74) is 5.26. The molecule has 0 radical (unpaired) electrons. The van der Waals surface area contributed by atoms with Gasteiger partial charge in [-0.2, -0.15) is 0 Å². The highest BCUT2D eigenvalue weighted by molar-refractivity contribution is 6.44. The van der Waals surface area contributed by atoms with E-state index in [1.165, 1.54) is 0 Å². The topological polar surface area (TPSA) is 44.5 Å². The van der Waals surface area contributed by atoms with Crippen molar-refractivity contribution in [1.29, 1.82) is 0 Å². The molecule has 0 aromatic rings. The standard InChI is InChI=1S/C4H13NO2Si/c1-6-8(7-2)4-3-5/h8H,3-5H2,1-2H3. The van der Waals surface area contributed by atoms with Crippen LogP contribution in [-0.4, -0.2) is 30.0 Å². The van der Waals surface area contributed by atoms with Gasteiger partial charge in [-0.05, 0) is 6.54 Å². The first kappa shape index (κ1) is 8.10. The SMILES string of the molecule is CO[SiH](CCN)OC. The molecule has 4 heteroatoms. The van der Waals surface area contributed by atoms with Gasteiger partial charge in [0.25, 0.3) is 0 Å². The van der Waals surface area contributed by atoms with Gasteiger partial charge in [-0.15, -0.1) is 0 Å². The van der Waals surface area contributed by atoms with Crippen molar-refractivity contribution in [2.24, 2.45) is 5.73 Å². The zero-order chi connectivity index (χ0) is 6.41. The lowest BCUT2D eigenvalue weighted by Gasteiger charge is -2.07. The molecule has 0 unspecified atom stereocenters. The van der Waals surface area contributed by atoms with Gasteiger partial charge in [-0.1, -0.05) is 0 Å². The first-order valence-corrected chi connectivity index (χ1v) is 4.36. The fourth-order valence-electron chi connectivity index (χ4n) is 0.468. The van der Waals surface area contributed by atoms with Crippen molar-refractivity contribution in [3.05, 3.63) is 0 Å². The Morgan fingerprint density at radius 2 is 1.88 bits per heavy atom. The molecular formula is C4H13NO2Si. The summed E-state index contributed by atoms with van der Waals surface area (Å²) in [4.78, 5) is 0. The van der Waals surface area contributed by atoms with Crippen LogP contribution >= 0.6 is 0 Å². The van der Waals surface area contributed by atoms with Crippen LogP contribution < -0.4 is 5.73 Å². The van der Waals surface area contributed by atoms with Gasteiger partial charge in [0.15, 0.2) is 0 Å². The number of rotatable bonds is 4. The van der Waals surface area contributed by atoms with E-state index < -0.39 is 9.28 Å². The average molecular weight is 135 g/mol. The maximum absolute atomic E-state index is 5.26. The summed E-state index contributed by atoms with van der Waals surface area (Å²) in [5.74, 6) is 0. The van der Waals surface area contributed by atoms with E-state index in [9.17, 15) is 0 Å². The number of nitrogens with two attached hydrogens (primary N) is 1. The van der Waals surface area contributed by atoms with Gasteiger partial charge in [0.05, 0.1) is 0 Å². The van der Waals surface area contributed by atoms with E-state index in [0.29, 0.717) is 6.54 Å². The average Bonchev–Trinajstić information content (AvgIpc) is 1.83. The van der Waals surface area contributed by atoms with E-state index in [1.54, 1.807) is 14.2 Å². The van der Waals surface area contributed by atoms with E-state index in [4.69, 9.17) is 14.6 Å². The van der Waals surface area contributed by atoms with Crippen molar-refractivity contribution < 1.29 is 8.85 Å². The van der Waals surface area contributed by atoms with Crippen LogP contribution in [0.5, 0.6) is 0 Å². The minimum atomic E-state index is -1.32. The Bertz CT molecular complexity index is 49.3. The Morgan fingerprint density at radius 3 is 2.00 bits per heavy atom. The first-order valence-electron chi connectivity index (χ1n) is 2.60. The Balaban J connectivity index is 3.07. The van der Waals surface area contributed by atoms with Crippen molar-refractivity contribution in [3.8, 4) is 0 Å². The van der Waals surface area contributed by atoms with Gasteiger partial charge >= 0.3 is 9.28 Å². The lowest BCUT2D eigenvalue weighted by Crippen LogP contribution is -2.22. The Labute approximate surface area is 51.6 Å². The molecule has 0 aliphatic heterocycles. The Morgan fingerprint density at radius 1 is 1.38 bits per heavy atom. The molecular weight excluding hydrogens is 122 g/mol. The molecule has 0 aliphatic rings. The van der Waals surface area contributed by atoms with Crippen LogP contribution in [0.4, 0.5) is 0 Å². The summed E-state index contributed by atoms with van der Waals surface area (Å²) in [6, 6.07) is 0.896. The van der Waals surface area contributed by atoms with Gasteiger partial charge in [-0.25, -0.2) is 0 Å². The number of hydrogen-bond acceptors (Lipinski definition) is 3. The van der Waals surface area contributed by atoms with Crippen molar-refractivity contribution >= 4 is 9.28 Å². The lowest BCUT2D eigenvalue weighted by atomic mass is 10.8. The van der Waals surface area contributed by atoms with E-state index in [0.717, 1.165) is 6.04 Å². The predicted molar refractivity (Wildman–Crippen MR) is 35.0 cm³/mol. The van der Waals surface area contributed by atoms with Crippen LogP contribution in [0.2, 0.25) is 6.04 Å². The van der Waals surface area contributed by atoms with Crippen molar-refractivity contribution in [2.45, 2.75) is 6.04 Å². The summed E-state index contributed by atoms with van der Waals surface area (Å²) in [6.45, 7) is 0.665. The van der Waals surface area contributed by atoms with Crippen molar-refractivity contribution in [1.82, 2.24) is 0 Å². The molecule has 0 heterocycles. The van der Waals surface area contributed by atoms with Crippen LogP contribution in [0.3, 0.4) is 0 Å². The highest BCUT2D eigenvalue weighted by Gasteiger charge is 2.05. The molecule has 0 saturated carbocycles. The van der Waals surface area contributed by atoms with E-state index >= 15 is 0 Å². The van der Waals surface area contributed by atoms with Crippen LogP contribution in [0.1, 0.15) is 0 Å². The lowest BCUT2D eigenvalue weighted by molar-refractivity contribution is 0.278. The molecule has 0 rings (SSSR count). The summed E-state index contributed by atoms with van der Waals surface area (Å²) >= 11 is 0. The molecule has 50 valence electrons. The molecule has 0 aliphatic carbocycles.